The highest BCUT2D eigenvalue weighted by Crippen LogP contribution is 2.53. The van der Waals surface area contributed by atoms with Gasteiger partial charge in [-0.15, -0.1) is 0 Å². The van der Waals surface area contributed by atoms with Gasteiger partial charge in [-0.05, 0) is 37.1 Å². The molecule has 0 aliphatic carbocycles. The lowest BCUT2D eigenvalue weighted by Crippen LogP contribution is -2.43. The molecule has 2 aromatic rings. The molecule has 3 aliphatic heterocycles. The zero-order valence-corrected chi connectivity index (χ0v) is 16.9. The lowest BCUT2D eigenvalue weighted by Gasteiger charge is -2.35. The number of amides is 2. The van der Waals surface area contributed by atoms with Crippen molar-refractivity contribution in [2.24, 2.45) is 11.8 Å². The number of carbonyl (C=O) groups is 3. The van der Waals surface area contributed by atoms with E-state index in [2.05, 4.69) is 0 Å². The van der Waals surface area contributed by atoms with Crippen molar-refractivity contribution in [3.63, 3.8) is 0 Å². The lowest BCUT2D eigenvalue weighted by molar-refractivity contribution is -0.385. The van der Waals surface area contributed by atoms with E-state index in [0.29, 0.717) is 0 Å². The number of nitrogens with zero attached hydrogens (tertiary/aromatic N) is 3. The zero-order chi connectivity index (χ0) is 22.0. The van der Waals surface area contributed by atoms with Crippen molar-refractivity contribution in [1.29, 1.82) is 0 Å². The van der Waals surface area contributed by atoms with Crippen LogP contribution in [0, 0.1) is 28.9 Å². The van der Waals surface area contributed by atoms with Gasteiger partial charge in [0.05, 0.1) is 40.1 Å². The van der Waals surface area contributed by atoms with E-state index in [-0.39, 0.29) is 22.7 Å². The molecule has 0 bridgehead atoms. The van der Waals surface area contributed by atoms with Crippen LogP contribution in [0.1, 0.15) is 29.7 Å². The summed E-state index contributed by atoms with van der Waals surface area (Å²) in [6, 6.07) is 10.7. The molecule has 0 aromatic heterocycles. The third kappa shape index (κ3) is 2.51. The Morgan fingerprint density at radius 1 is 1.03 bits per heavy atom. The Kier molecular flexibility index (Phi) is 4.08. The van der Waals surface area contributed by atoms with Crippen LogP contribution >= 0.6 is 0 Å². The molecule has 156 valence electrons. The summed E-state index contributed by atoms with van der Waals surface area (Å²) < 4.78 is 0. The van der Waals surface area contributed by atoms with Gasteiger partial charge in [-0.25, -0.2) is 4.90 Å². The Hall–Kier alpha value is -3.81. The van der Waals surface area contributed by atoms with Crippen molar-refractivity contribution in [2.45, 2.75) is 25.9 Å². The van der Waals surface area contributed by atoms with Crippen LogP contribution in [0.15, 0.2) is 48.7 Å². The van der Waals surface area contributed by atoms with Gasteiger partial charge in [-0.3, -0.25) is 24.5 Å². The first-order chi connectivity index (χ1) is 14.8. The van der Waals surface area contributed by atoms with Crippen LogP contribution < -0.4 is 4.90 Å². The first kappa shape index (κ1) is 19.2. The van der Waals surface area contributed by atoms with Gasteiger partial charge in [0, 0.05) is 12.3 Å². The molecule has 8 heteroatoms. The number of rotatable bonds is 3. The van der Waals surface area contributed by atoms with E-state index in [0.717, 1.165) is 16.0 Å². The van der Waals surface area contributed by atoms with Gasteiger partial charge in [0.25, 0.3) is 5.69 Å². The van der Waals surface area contributed by atoms with Gasteiger partial charge in [0.15, 0.2) is 5.78 Å². The first-order valence-corrected chi connectivity index (χ1v) is 9.99. The second-order valence-electron chi connectivity index (χ2n) is 8.13. The highest BCUT2D eigenvalue weighted by molar-refractivity contribution is 6.24. The fourth-order valence-electron chi connectivity index (χ4n) is 5.31. The van der Waals surface area contributed by atoms with Gasteiger partial charge in [-0.2, -0.15) is 0 Å². The Morgan fingerprint density at radius 2 is 1.74 bits per heavy atom. The molecular weight excluding hydrogens is 398 g/mol. The maximum atomic E-state index is 13.6. The minimum absolute atomic E-state index is 0.161. The summed E-state index contributed by atoms with van der Waals surface area (Å²) >= 11 is 0. The van der Waals surface area contributed by atoms with E-state index in [1.165, 1.54) is 32.0 Å². The number of nitro benzene ring substituents is 1. The van der Waals surface area contributed by atoms with Crippen LogP contribution in [-0.2, 0) is 14.4 Å². The predicted octanol–water partition coefficient (Wildman–Crippen LogP) is 3.01. The van der Waals surface area contributed by atoms with Crippen molar-refractivity contribution >= 4 is 35.0 Å². The molecule has 1 unspecified atom stereocenters. The van der Waals surface area contributed by atoms with Gasteiger partial charge < -0.3 is 4.90 Å². The zero-order valence-electron chi connectivity index (χ0n) is 16.9. The number of ketones is 1. The van der Waals surface area contributed by atoms with E-state index < -0.39 is 40.7 Å². The second-order valence-corrected chi connectivity index (χ2v) is 8.13. The van der Waals surface area contributed by atoms with Crippen LogP contribution in [0.4, 0.5) is 11.4 Å². The maximum Gasteiger partial charge on any atom is 0.274 e. The Balaban J connectivity index is 1.66. The van der Waals surface area contributed by atoms with E-state index in [9.17, 15) is 24.5 Å². The highest BCUT2D eigenvalue weighted by Gasteiger charge is 2.64. The third-order valence-corrected chi connectivity index (χ3v) is 6.59. The summed E-state index contributed by atoms with van der Waals surface area (Å²) in [5.41, 5.74) is 2.12. The van der Waals surface area contributed by atoms with Crippen molar-refractivity contribution in [3.05, 3.63) is 75.5 Å². The average molecular weight is 417 g/mol. The molecule has 0 radical (unpaired) electrons. The summed E-state index contributed by atoms with van der Waals surface area (Å²) in [6.45, 7) is 2.95. The minimum Gasteiger partial charge on any atom is -0.359 e. The van der Waals surface area contributed by atoms with Crippen molar-refractivity contribution < 1.29 is 19.3 Å². The molecule has 2 amide bonds. The number of nitro groups is 1. The highest BCUT2D eigenvalue weighted by atomic mass is 16.6. The summed E-state index contributed by atoms with van der Waals surface area (Å²) in [5.74, 6) is -2.70. The van der Waals surface area contributed by atoms with Crippen LogP contribution in [0.2, 0.25) is 0 Å². The average Bonchev–Trinajstić information content (AvgIpc) is 3.21. The topological polar surface area (TPSA) is 101 Å². The monoisotopic (exact) mass is 417 g/mol. The number of Topliss-reactive ketones (excluding diaryl/α,β-unsaturated/α-hetero) is 1. The number of imide groups is 1. The van der Waals surface area contributed by atoms with Gasteiger partial charge in [0.1, 0.15) is 0 Å². The number of fused-ring (bicyclic) bond motifs is 5. The molecule has 4 atom stereocenters. The fourth-order valence-corrected chi connectivity index (χ4v) is 5.31. The van der Waals surface area contributed by atoms with Crippen molar-refractivity contribution in [3.8, 4) is 0 Å². The van der Waals surface area contributed by atoms with E-state index in [1.54, 1.807) is 6.20 Å². The van der Waals surface area contributed by atoms with E-state index in [1.807, 2.05) is 35.2 Å². The Bertz CT molecular complexity index is 1200. The molecule has 2 saturated heterocycles. The summed E-state index contributed by atoms with van der Waals surface area (Å²) in [4.78, 5) is 53.5. The first-order valence-electron chi connectivity index (χ1n) is 9.99. The maximum absolute atomic E-state index is 13.6. The molecule has 0 N–H and O–H groups in total. The van der Waals surface area contributed by atoms with Crippen molar-refractivity contribution in [2.75, 3.05) is 4.90 Å². The predicted molar refractivity (Wildman–Crippen MR) is 112 cm³/mol. The minimum atomic E-state index is -0.843. The second kappa shape index (κ2) is 6.60. The number of hydrogen-bond acceptors (Lipinski definition) is 6. The molecule has 2 aromatic carbocycles. The van der Waals surface area contributed by atoms with Gasteiger partial charge in [-0.1, -0.05) is 30.3 Å². The molecule has 3 aliphatic rings. The molecule has 31 heavy (non-hydrogen) atoms. The van der Waals surface area contributed by atoms with E-state index >= 15 is 0 Å². The van der Waals surface area contributed by atoms with Gasteiger partial charge in [0.2, 0.25) is 11.8 Å². The van der Waals surface area contributed by atoms with Crippen LogP contribution in [0.5, 0.6) is 0 Å². The Morgan fingerprint density at radius 3 is 2.45 bits per heavy atom. The third-order valence-electron chi connectivity index (χ3n) is 6.59. The number of benzene rings is 2. The molecule has 0 saturated carbocycles. The molecule has 0 spiro atoms. The number of anilines is 1. The van der Waals surface area contributed by atoms with Crippen LogP contribution in [0.25, 0.3) is 6.08 Å². The largest absolute Gasteiger partial charge is 0.359 e. The molecular formula is C23H19N3O5. The normalized spacial score (nSPS) is 26.0. The SMILES string of the molecule is CC(=O)[C@@H]1[C@@H]2C(=O)N(c3cccc([N+](=O)[O-])c3C)C(=O)[C@@H]2C2c3ccccc3C=CN21. The fraction of sp³-hybridized carbons (Fsp3) is 0.261. The smallest absolute Gasteiger partial charge is 0.274 e. The molecule has 8 nitrogen and oxygen atoms in total. The summed E-state index contributed by atoms with van der Waals surface area (Å²) in [7, 11) is 0. The van der Waals surface area contributed by atoms with Gasteiger partial charge >= 0.3 is 0 Å². The van der Waals surface area contributed by atoms with Crippen LogP contribution in [0.3, 0.4) is 0 Å². The Labute approximate surface area is 177 Å². The van der Waals surface area contributed by atoms with E-state index in [4.69, 9.17) is 0 Å². The standard InChI is InChI=1S/C23H19N3O5/c1-12-16(8-5-9-17(12)26(30)31)25-22(28)18-19(23(25)29)21-15-7-4-3-6-14(15)10-11-24(21)20(18)13(2)27/h3-11,18-21H,1-2H3/t18-,19+,20-,21?/m1/s1. The summed E-state index contributed by atoms with van der Waals surface area (Å²) in [6.07, 6.45) is 3.68. The molecule has 5 rings (SSSR count). The van der Waals surface area contributed by atoms with Crippen molar-refractivity contribution in [1.82, 2.24) is 4.90 Å². The molecule has 2 fully saturated rings. The molecule has 3 heterocycles. The van der Waals surface area contributed by atoms with Crippen LogP contribution in [-0.4, -0.2) is 33.5 Å². The number of hydrogen-bond donors (Lipinski definition) is 0. The lowest BCUT2D eigenvalue weighted by atomic mass is 9.84. The number of carbonyl (C=O) groups excluding carboxylic acids is 3. The quantitative estimate of drug-likeness (QED) is 0.432. The summed E-state index contributed by atoms with van der Waals surface area (Å²) in [5, 5.41) is 11.4.